The van der Waals surface area contributed by atoms with Crippen molar-refractivity contribution >= 4 is 10.7 Å². The van der Waals surface area contributed by atoms with E-state index in [0.29, 0.717) is 13.2 Å². The van der Waals surface area contributed by atoms with Gasteiger partial charge in [0.1, 0.15) is 0 Å². The summed E-state index contributed by atoms with van der Waals surface area (Å²) in [6, 6.07) is 0. The third kappa shape index (κ3) is 1.92. The summed E-state index contributed by atoms with van der Waals surface area (Å²) >= 11 is 0. The highest BCUT2D eigenvalue weighted by molar-refractivity contribution is 7.73. The fourth-order valence-electron chi connectivity index (χ4n) is 0.687. The lowest BCUT2D eigenvalue weighted by atomic mass is 10.5. The van der Waals surface area contributed by atoms with Gasteiger partial charge in [-0.3, -0.25) is 0 Å². The molecule has 54 valence electrons. The molecule has 0 saturated carbocycles. The molecule has 9 heavy (non-hydrogen) atoms. The number of hydrogen-bond acceptors (Lipinski definition) is 4. The molecule has 0 aliphatic carbocycles. The lowest BCUT2D eigenvalue weighted by molar-refractivity contribution is 0.0807. The van der Waals surface area contributed by atoms with Crippen LogP contribution in [-0.2, 0) is 15.4 Å². The minimum Gasteiger partial charge on any atom is -0.360 e. The molecule has 1 N–H and O–H groups in total. The quantitative estimate of drug-likeness (QED) is 0.450. The van der Waals surface area contributed by atoms with Crippen LogP contribution in [0.4, 0.5) is 0 Å². The Balaban J connectivity index is 2.40. The number of ether oxygens (including phenoxy) is 1. The molecule has 1 atom stereocenters. The van der Waals surface area contributed by atoms with E-state index in [1.807, 2.05) is 0 Å². The molecule has 0 aromatic rings. The van der Waals surface area contributed by atoms with E-state index in [1.54, 1.807) is 0 Å². The van der Waals surface area contributed by atoms with Crippen LogP contribution in [0.3, 0.4) is 0 Å². The second kappa shape index (κ2) is 3.14. The molecule has 0 spiro atoms. The molecule has 0 bridgehead atoms. The molecule has 1 rings (SSSR count). The van der Waals surface area contributed by atoms with E-state index < -0.39 is 16.1 Å². The van der Waals surface area contributed by atoms with Gasteiger partial charge in [0.25, 0.3) is 0 Å². The van der Waals surface area contributed by atoms with Crippen LogP contribution in [0.2, 0.25) is 0 Å². The normalized spacial score (nSPS) is 28.8. The van der Waals surface area contributed by atoms with E-state index >= 15 is 0 Å². The average Bonchev–Trinajstić information content (AvgIpc) is 1.90. The Bertz CT molecular complexity index is 142. The first-order valence-corrected chi connectivity index (χ1v) is 4.01. The van der Waals surface area contributed by atoms with Gasteiger partial charge in [0, 0.05) is 13.1 Å². The molecule has 1 unspecified atom stereocenters. The Morgan fingerprint density at radius 1 is 1.56 bits per heavy atom. The Morgan fingerprint density at radius 3 is 2.67 bits per heavy atom. The van der Waals surface area contributed by atoms with Gasteiger partial charge >= 0.3 is 0 Å². The fourth-order valence-corrected chi connectivity index (χ4v) is 1.19. The molecule has 0 radical (unpaired) electrons. The standard InChI is InChI=1S/C4H9NO3S/c6-9(7)4-3-5-1-2-8-4/h4-5,9H,1-3H2. The minimum absolute atomic E-state index is 0.429. The highest BCUT2D eigenvalue weighted by Crippen LogP contribution is 1.94. The molecular weight excluding hydrogens is 142 g/mol. The molecule has 1 aliphatic heterocycles. The Hall–Kier alpha value is -0.130. The molecule has 1 aliphatic rings. The maximum absolute atomic E-state index is 10.2. The highest BCUT2D eigenvalue weighted by Gasteiger charge is 2.14. The van der Waals surface area contributed by atoms with E-state index in [1.165, 1.54) is 0 Å². The third-order valence-electron chi connectivity index (χ3n) is 1.14. The van der Waals surface area contributed by atoms with Crippen LogP contribution in [0.15, 0.2) is 0 Å². The summed E-state index contributed by atoms with van der Waals surface area (Å²) < 4.78 is 25.3. The first kappa shape index (κ1) is 6.98. The summed E-state index contributed by atoms with van der Waals surface area (Å²) in [5.41, 5.74) is -0.603. The molecule has 1 saturated heterocycles. The van der Waals surface area contributed by atoms with Crippen molar-refractivity contribution in [1.82, 2.24) is 5.32 Å². The number of nitrogens with one attached hydrogen (secondary N) is 1. The molecule has 4 nitrogen and oxygen atoms in total. The smallest absolute Gasteiger partial charge is 0.168 e. The Kier molecular flexibility index (Phi) is 2.44. The highest BCUT2D eigenvalue weighted by atomic mass is 32.2. The number of rotatable bonds is 1. The first-order chi connectivity index (χ1) is 4.30. The van der Waals surface area contributed by atoms with Gasteiger partial charge in [-0.25, -0.2) is 8.42 Å². The van der Waals surface area contributed by atoms with Gasteiger partial charge in [0.15, 0.2) is 16.1 Å². The van der Waals surface area contributed by atoms with Crippen LogP contribution < -0.4 is 5.32 Å². The average molecular weight is 151 g/mol. The van der Waals surface area contributed by atoms with E-state index in [2.05, 4.69) is 5.32 Å². The molecule has 0 aromatic carbocycles. The lowest BCUT2D eigenvalue weighted by Crippen LogP contribution is -2.39. The predicted molar refractivity (Wildman–Crippen MR) is 32.9 cm³/mol. The van der Waals surface area contributed by atoms with E-state index in [9.17, 15) is 8.42 Å². The SMILES string of the molecule is O=[SH](=O)C1CNCCO1. The van der Waals surface area contributed by atoms with Crippen LogP contribution in [0.25, 0.3) is 0 Å². The molecule has 5 heteroatoms. The van der Waals surface area contributed by atoms with Crippen LogP contribution in [0.5, 0.6) is 0 Å². The monoisotopic (exact) mass is 151 g/mol. The van der Waals surface area contributed by atoms with Crippen molar-refractivity contribution in [2.75, 3.05) is 19.7 Å². The summed E-state index contributed by atoms with van der Waals surface area (Å²) in [4.78, 5) is 0. The largest absolute Gasteiger partial charge is 0.360 e. The fraction of sp³-hybridized carbons (Fsp3) is 1.00. The van der Waals surface area contributed by atoms with Gasteiger partial charge < -0.3 is 10.1 Å². The zero-order valence-electron chi connectivity index (χ0n) is 4.87. The maximum atomic E-state index is 10.2. The Morgan fingerprint density at radius 2 is 2.33 bits per heavy atom. The van der Waals surface area contributed by atoms with Crippen molar-refractivity contribution < 1.29 is 13.2 Å². The summed E-state index contributed by atoms with van der Waals surface area (Å²) in [7, 11) is -2.40. The topological polar surface area (TPSA) is 55.4 Å². The number of hydrogen-bond donors (Lipinski definition) is 2. The number of thiol groups is 1. The molecule has 0 aromatic heterocycles. The molecule has 1 fully saturated rings. The van der Waals surface area contributed by atoms with Crippen molar-refractivity contribution in [1.29, 1.82) is 0 Å². The predicted octanol–water partition coefficient (Wildman–Crippen LogP) is -1.46. The Labute approximate surface area is 55.1 Å². The lowest BCUT2D eigenvalue weighted by Gasteiger charge is -2.17. The van der Waals surface area contributed by atoms with E-state index in [-0.39, 0.29) is 0 Å². The van der Waals surface area contributed by atoms with Gasteiger partial charge in [0.2, 0.25) is 0 Å². The molecule has 0 amide bonds. The van der Waals surface area contributed by atoms with Crippen molar-refractivity contribution in [3.63, 3.8) is 0 Å². The van der Waals surface area contributed by atoms with Gasteiger partial charge in [-0.2, -0.15) is 0 Å². The van der Waals surface area contributed by atoms with E-state index in [0.717, 1.165) is 6.54 Å². The summed E-state index contributed by atoms with van der Waals surface area (Å²) in [6.07, 6.45) is 0. The minimum atomic E-state index is -2.40. The third-order valence-corrected chi connectivity index (χ3v) is 1.95. The molecular formula is C4H9NO3S. The first-order valence-electron chi connectivity index (χ1n) is 2.76. The van der Waals surface area contributed by atoms with Gasteiger partial charge in [-0.05, 0) is 0 Å². The van der Waals surface area contributed by atoms with Crippen molar-refractivity contribution in [2.45, 2.75) is 5.44 Å². The summed E-state index contributed by atoms with van der Waals surface area (Å²) in [5.74, 6) is 0. The summed E-state index contributed by atoms with van der Waals surface area (Å²) in [6.45, 7) is 1.67. The van der Waals surface area contributed by atoms with E-state index in [4.69, 9.17) is 4.74 Å². The van der Waals surface area contributed by atoms with Crippen molar-refractivity contribution in [2.24, 2.45) is 0 Å². The van der Waals surface area contributed by atoms with Crippen LogP contribution >= 0.6 is 0 Å². The number of morpholine rings is 1. The van der Waals surface area contributed by atoms with Gasteiger partial charge in [0.05, 0.1) is 6.61 Å². The van der Waals surface area contributed by atoms with Crippen LogP contribution in [-0.4, -0.2) is 33.6 Å². The summed E-state index contributed by atoms with van der Waals surface area (Å²) in [5, 5.41) is 2.91. The maximum Gasteiger partial charge on any atom is 0.168 e. The zero-order chi connectivity index (χ0) is 6.69. The van der Waals surface area contributed by atoms with Crippen molar-refractivity contribution in [3.05, 3.63) is 0 Å². The van der Waals surface area contributed by atoms with Gasteiger partial charge in [-0.15, -0.1) is 0 Å². The second-order valence-electron chi connectivity index (χ2n) is 1.81. The van der Waals surface area contributed by atoms with Crippen molar-refractivity contribution in [3.8, 4) is 0 Å². The van der Waals surface area contributed by atoms with Gasteiger partial charge in [-0.1, -0.05) is 0 Å². The molecule has 1 heterocycles. The second-order valence-corrected chi connectivity index (χ2v) is 2.96. The zero-order valence-corrected chi connectivity index (χ0v) is 5.77. The van der Waals surface area contributed by atoms with Crippen LogP contribution in [0, 0.1) is 0 Å². The van der Waals surface area contributed by atoms with Crippen LogP contribution in [0.1, 0.15) is 0 Å².